The van der Waals surface area contributed by atoms with Gasteiger partial charge in [-0.15, -0.1) is 0 Å². The lowest BCUT2D eigenvalue weighted by Crippen LogP contribution is -2.29. The molecule has 2 aromatic carbocycles. The Hall–Kier alpha value is -3.23. The number of piperidine rings is 1. The smallest absolute Gasteiger partial charge is 0.248 e. The predicted molar refractivity (Wildman–Crippen MR) is 128 cm³/mol. The summed E-state index contributed by atoms with van der Waals surface area (Å²) in [6, 6.07) is 12.3. The average Bonchev–Trinajstić information content (AvgIpc) is 2.84. The van der Waals surface area contributed by atoms with Crippen molar-refractivity contribution in [2.24, 2.45) is 0 Å². The van der Waals surface area contributed by atoms with Crippen molar-refractivity contribution in [1.82, 2.24) is 9.71 Å². The Balaban J connectivity index is 1.51. The molecule has 8 heteroatoms. The van der Waals surface area contributed by atoms with Crippen LogP contribution >= 0.6 is 0 Å². The summed E-state index contributed by atoms with van der Waals surface area (Å²) in [6.45, 7) is 2.08. The van der Waals surface area contributed by atoms with Crippen LogP contribution in [0.1, 0.15) is 24.8 Å². The van der Waals surface area contributed by atoms with Gasteiger partial charge < -0.3 is 10.2 Å². The number of nitrogens with zero attached hydrogens (tertiary/aromatic N) is 2. The molecule has 1 aliphatic rings. The topological polar surface area (TPSA) is 91.4 Å². The number of sulfonamides is 1. The second kappa shape index (κ2) is 9.50. The van der Waals surface area contributed by atoms with Crippen molar-refractivity contribution in [1.29, 1.82) is 0 Å². The minimum absolute atomic E-state index is 0.175. The van der Waals surface area contributed by atoms with E-state index in [1.165, 1.54) is 50.2 Å². The maximum Gasteiger partial charge on any atom is 0.248 e. The van der Waals surface area contributed by atoms with E-state index in [1.807, 2.05) is 12.1 Å². The number of rotatable bonds is 6. The molecule has 166 valence electrons. The molecule has 1 aromatic heterocycles. The lowest BCUT2D eigenvalue weighted by atomic mass is 10.1. The number of aromatic nitrogens is 1. The van der Waals surface area contributed by atoms with Crippen molar-refractivity contribution in [3.63, 3.8) is 0 Å². The van der Waals surface area contributed by atoms with E-state index in [2.05, 4.69) is 26.0 Å². The summed E-state index contributed by atoms with van der Waals surface area (Å²) in [5.41, 5.74) is 2.60. The minimum atomic E-state index is -3.48. The molecule has 32 heavy (non-hydrogen) atoms. The van der Waals surface area contributed by atoms with Crippen LogP contribution in [0.2, 0.25) is 0 Å². The van der Waals surface area contributed by atoms with Crippen LogP contribution in [0.4, 0.5) is 11.4 Å². The van der Waals surface area contributed by atoms with Crippen LogP contribution in [0, 0.1) is 0 Å². The molecule has 2 N–H and O–H groups in total. The summed E-state index contributed by atoms with van der Waals surface area (Å²) in [7, 11) is -2.12. The van der Waals surface area contributed by atoms with Crippen LogP contribution in [0.25, 0.3) is 16.8 Å². The van der Waals surface area contributed by atoms with Crippen LogP contribution in [-0.2, 0) is 14.8 Å². The number of nitrogens with one attached hydrogen (secondary N) is 2. The Morgan fingerprint density at radius 2 is 1.75 bits per heavy atom. The first-order chi connectivity index (χ1) is 15.5. The number of pyridine rings is 1. The maximum atomic E-state index is 12.6. The minimum Gasteiger partial charge on any atom is -0.371 e. The summed E-state index contributed by atoms with van der Waals surface area (Å²) in [5.74, 6) is -0.271. The zero-order chi connectivity index (χ0) is 22.6. The van der Waals surface area contributed by atoms with Gasteiger partial charge in [-0.1, -0.05) is 12.1 Å². The number of hydrogen-bond donors (Lipinski definition) is 2. The molecular formula is C24H26N4O3S. The second-order valence-electron chi connectivity index (χ2n) is 7.70. The zero-order valence-electron chi connectivity index (χ0n) is 17.9. The standard InChI is InChI=1S/C24H26N4O3S/c1-25-32(30,31)19-8-5-18(6-9-19)7-12-24(29)27-22-10-11-23(28-15-3-2-4-16-28)20-13-14-26-17-21(20)22/h5-14,17,25H,2-4,15-16H2,1H3,(H,27,29)/b12-7+. The second-order valence-corrected chi connectivity index (χ2v) is 9.59. The van der Waals surface area contributed by atoms with Gasteiger partial charge in [0.05, 0.1) is 10.6 Å². The van der Waals surface area contributed by atoms with Crippen LogP contribution in [0.3, 0.4) is 0 Å². The number of fused-ring (bicyclic) bond motifs is 1. The number of benzene rings is 2. The van der Waals surface area contributed by atoms with Crippen LogP contribution in [0.5, 0.6) is 0 Å². The highest BCUT2D eigenvalue weighted by molar-refractivity contribution is 7.89. The molecule has 1 aliphatic heterocycles. The van der Waals surface area contributed by atoms with Crippen molar-refractivity contribution >= 4 is 44.2 Å². The molecule has 0 aliphatic carbocycles. The fourth-order valence-corrected chi connectivity index (χ4v) is 4.65. The molecule has 2 heterocycles. The van der Waals surface area contributed by atoms with Gasteiger partial charge in [-0.3, -0.25) is 9.78 Å². The Morgan fingerprint density at radius 3 is 2.47 bits per heavy atom. The van der Waals surface area contributed by atoms with E-state index >= 15 is 0 Å². The Bertz CT molecular complexity index is 1250. The van der Waals surface area contributed by atoms with Crippen molar-refractivity contribution in [2.75, 3.05) is 30.4 Å². The molecular weight excluding hydrogens is 424 g/mol. The van der Waals surface area contributed by atoms with Gasteiger partial charge in [0.15, 0.2) is 0 Å². The molecule has 1 amide bonds. The molecule has 0 saturated carbocycles. The van der Waals surface area contributed by atoms with Gasteiger partial charge in [0, 0.05) is 48.0 Å². The summed E-state index contributed by atoms with van der Waals surface area (Å²) in [6.07, 6.45) is 10.3. The van der Waals surface area contributed by atoms with E-state index in [9.17, 15) is 13.2 Å². The average molecular weight is 451 g/mol. The fraction of sp³-hybridized carbons (Fsp3) is 0.250. The van der Waals surface area contributed by atoms with E-state index in [-0.39, 0.29) is 10.8 Å². The van der Waals surface area contributed by atoms with Gasteiger partial charge in [-0.05, 0) is 68.3 Å². The van der Waals surface area contributed by atoms with Gasteiger partial charge >= 0.3 is 0 Å². The van der Waals surface area contributed by atoms with E-state index in [0.29, 0.717) is 5.69 Å². The Labute approximate surface area is 188 Å². The highest BCUT2D eigenvalue weighted by Gasteiger charge is 2.15. The third-order valence-electron chi connectivity index (χ3n) is 5.64. The van der Waals surface area contributed by atoms with Crippen molar-refractivity contribution in [3.8, 4) is 0 Å². The Kier molecular flexibility index (Phi) is 6.53. The molecule has 0 unspecified atom stereocenters. The molecule has 0 bridgehead atoms. The predicted octanol–water partition coefficient (Wildman–Crippen LogP) is 3.79. The normalized spacial score (nSPS) is 14.7. The zero-order valence-corrected chi connectivity index (χ0v) is 18.7. The quantitative estimate of drug-likeness (QED) is 0.558. The molecule has 0 spiro atoms. The van der Waals surface area contributed by atoms with Crippen molar-refractivity contribution in [3.05, 3.63) is 66.5 Å². The van der Waals surface area contributed by atoms with Crippen LogP contribution in [0.15, 0.2) is 65.8 Å². The number of carbonyl (C=O) groups is 1. The van der Waals surface area contributed by atoms with Crippen molar-refractivity contribution < 1.29 is 13.2 Å². The third kappa shape index (κ3) is 4.81. The lowest BCUT2D eigenvalue weighted by molar-refractivity contribution is -0.111. The van der Waals surface area contributed by atoms with Gasteiger partial charge in [0.25, 0.3) is 0 Å². The summed E-state index contributed by atoms with van der Waals surface area (Å²) in [5, 5.41) is 4.92. The number of hydrogen-bond acceptors (Lipinski definition) is 5. The summed E-state index contributed by atoms with van der Waals surface area (Å²) < 4.78 is 25.9. The number of anilines is 2. The highest BCUT2D eigenvalue weighted by Crippen LogP contribution is 2.33. The number of amides is 1. The van der Waals surface area contributed by atoms with Crippen molar-refractivity contribution in [2.45, 2.75) is 24.2 Å². The van der Waals surface area contributed by atoms with Gasteiger partial charge in [-0.25, -0.2) is 13.1 Å². The molecule has 0 atom stereocenters. The molecule has 1 saturated heterocycles. The Morgan fingerprint density at radius 1 is 1.00 bits per heavy atom. The van der Waals surface area contributed by atoms with Gasteiger partial charge in [0.2, 0.25) is 15.9 Å². The first-order valence-electron chi connectivity index (χ1n) is 10.6. The molecule has 0 radical (unpaired) electrons. The third-order valence-corrected chi connectivity index (χ3v) is 7.07. The lowest BCUT2D eigenvalue weighted by Gasteiger charge is -2.30. The monoisotopic (exact) mass is 450 g/mol. The maximum absolute atomic E-state index is 12.6. The largest absolute Gasteiger partial charge is 0.371 e. The van der Waals surface area contributed by atoms with Gasteiger partial charge in [0.1, 0.15) is 0 Å². The number of carbonyl (C=O) groups excluding carboxylic acids is 1. The molecule has 7 nitrogen and oxygen atoms in total. The van der Waals surface area contributed by atoms with Crippen LogP contribution in [-0.4, -0.2) is 39.4 Å². The van der Waals surface area contributed by atoms with Gasteiger partial charge in [-0.2, -0.15) is 0 Å². The van der Waals surface area contributed by atoms with E-state index in [0.717, 1.165) is 29.4 Å². The SMILES string of the molecule is CNS(=O)(=O)c1ccc(/C=C/C(=O)Nc2ccc(N3CCCCC3)c3ccncc23)cc1. The molecule has 1 fully saturated rings. The first kappa shape index (κ1) is 22.0. The summed E-state index contributed by atoms with van der Waals surface area (Å²) >= 11 is 0. The van der Waals surface area contributed by atoms with E-state index in [4.69, 9.17) is 0 Å². The molecule has 4 rings (SSSR count). The first-order valence-corrected chi connectivity index (χ1v) is 12.1. The summed E-state index contributed by atoms with van der Waals surface area (Å²) in [4.78, 5) is 19.4. The van der Waals surface area contributed by atoms with E-state index in [1.54, 1.807) is 30.6 Å². The van der Waals surface area contributed by atoms with Crippen LogP contribution < -0.4 is 14.9 Å². The fourth-order valence-electron chi connectivity index (χ4n) is 3.92. The highest BCUT2D eigenvalue weighted by atomic mass is 32.2. The molecule has 3 aromatic rings. The van der Waals surface area contributed by atoms with E-state index < -0.39 is 10.0 Å².